The van der Waals surface area contributed by atoms with E-state index in [2.05, 4.69) is 130 Å². The second-order valence-corrected chi connectivity index (χ2v) is 20.6. The Morgan fingerprint density at radius 3 is 1.22 bits per heavy atom. The molecule has 6 atom stereocenters. The largest absolute Gasteiger partial charge is 0.479 e. The highest BCUT2D eigenvalue weighted by Gasteiger charge is 2.50. The van der Waals surface area contributed by atoms with Crippen molar-refractivity contribution in [3.8, 4) is 0 Å². The fourth-order valence-electron chi connectivity index (χ4n) is 8.64. The molecule has 1 heterocycles. The fourth-order valence-corrected chi connectivity index (χ4v) is 8.64. The van der Waals surface area contributed by atoms with E-state index in [1.807, 2.05) is 0 Å². The predicted molar refractivity (Wildman–Crippen MR) is 321 cm³/mol. The summed E-state index contributed by atoms with van der Waals surface area (Å²) in [6.45, 7) is 5.71. The Hall–Kier alpha value is -4.62. The molecule has 0 radical (unpaired) electrons. The van der Waals surface area contributed by atoms with Gasteiger partial charge in [0.25, 0.3) is 0 Å². The van der Waals surface area contributed by atoms with Crippen LogP contribution in [0.15, 0.2) is 109 Å². The number of aliphatic hydroxyl groups excluding tert-OH is 2. The van der Waals surface area contributed by atoms with Gasteiger partial charge >= 0.3 is 23.9 Å². The summed E-state index contributed by atoms with van der Waals surface area (Å²) in [4.78, 5) is 51.2. The molecule has 12 heteroatoms. The van der Waals surface area contributed by atoms with Gasteiger partial charge in [-0.05, 0) is 122 Å². The number of hydrogen-bond donors (Lipinski definition) is 3. The Morgan fingerprint density at radius 2 is 0.797 bits per heavy atom. The van der Waals surface area contributed by atoms with Crippen molar-refractivity contribution in [1.82, 2.24) is 0 Å². The van der Waals surface area contributed by atoms with Crippen molar-refractivity contribution >= 4 is 23.9 Å². The summed E-state index contributed by atoms with van der Waals surface area (Å²) in [5.41, 5.74) is 0. The quantitative estimate of drug-likeness (QED) is 0.0228. The molecule has 0 saturated carbocycles. The molecule has 0 amide bonds. The first kappa shape index (κ1) is 72.4. The van der Waals surface area contributed by atoms with Crippen molar-refractivity contribution < 1.29 is 58.2 Å². The van der Waals surface area contributed by atoms with E-state index in [9.17, 15) is 34.5 Å². The van der Waals surface area contributed by atoms with Gasteiger partial charge in [-0.15, -0.1) is 0 Å². The number of carbonyl (C=O) groups is 4. The summed E-state index contributed by atoms with van der Waals surface area (Å²) < 4.78 is 28.4. The summed E-state index contributed by atoms with van der Waals surface area (Å²) in [7, 11) is 0. The summed E-state index contributed by atoms with van der Waals surface area (Å²) in [6, 6.07) is 0. The molecule has 0 aromatic rings. The van der Waals surface area contributed by atoms with Gasteiger partial charge in [-0.25, -0.2) is 4.79 Å². The number of carboxylic acids is 1. The molecular formula is C67H108O12. The number of aliphatic carboxylic acids is 1. The molecule has 3 N–H and O–H groups in total. The maximum Gasteiger partial charge on any atom is 0.335 e. The van der Waals surface area contributed by atoms with Crippen LogP contribution in [-0.4, -0.2) is 89.2 Å². The lowest BCUT2D eigenvalue weighted by Gasteiger charge is -2.40. The van der Waals surface area contributed by atoms with Gasteiger partial charge in [-0.1, -0.05) is 207 Å². The molecule has 1 rings (SSSR count). The molecule has 0 spiro atoms. The second-order valence-electron chi connectivity index (χ2n) is 20.6. The van der Waals surface area contributed by atoms with Crippen LogP contribution in [0.3, 0.4) is 0 Å². The van der Waals surface area contributed by atoms with Crippen molar-refractivity contribution in [3.05, 3.63) is 109 Å². The molecule has 0 aliphatic carbocycles. The molecule has 6 unspecified atom stereocenters. The van der Waals surface area contributed by atoms with E-state index in [0.29, 0.717) is 19.3 Å². The minimum atomic E-state index is -1.92. The van der Waals surface area contributed by atoms with E-state index in [-0.39, 0.29) is 25.9 Å². The normalized spacial score (nSPS) is 18.6. The number of hydrogen-bond acceptors (Lipinski definition) is 11. The Bertz CT molecular complexity index is 1790. The molecule has 1 aliphatic heterocycles. The number of aliphatic hydroxyl groups is 2. The van der Waals surface area contributed by atoms with E-state index in [1.54, 1.807) is 0 Å². The van der Waals surface area contributed by atoms with Gasteiger partial charge in [0.1, 0.15) is 18.8 Å². The van der Waals surface area contributed by atoms with Gasteiger partial charge in [-0.2, -0.15) is 0 Å². The Labute approximate surface area is 478 Å². The molecular weight excluding hydrogens is 997 g/mol. The van der Waals surface area contributed by atoms with E-state index in [4.69, 9.17) is 23.7 Å². The average Bonchev–Trinajstić information content (AvgIpc) is 3.46. The Morgan fingerprint density at radius 1 is 0.430 bits per heavy atom. The zero-order valence-corrected chi connectivity index (χ0v) is 49.3. The number of rotatable bonds is 51. The zero-order valence-electron chi connectivity index (χ0n) is 49.3. The number of ether oxygens (including phenoxy) is 5. The van der Waals surface area contributed by atoms with Crippen LogP contribution in [0.1, 0.15) is 239 Å². The van der Waals surface area contributed by atoms with E-state index in [0.717, 1.165) is 161 Å². The van der Waals surface area contributed by atoms with Crippen molar-refractivity contribution in [2.24, 2.45) is 0 Å². The first-order valence-electron chi connectivity index (χ1n) is 30.9. The van der Waals surface area contributed by atoms with Gasteiger partial charge < -0.3 is 39.0 Å². The highest BCUT2D eigenvalue weighted by atomic mass is 16.7. The highest BCUT2D eigenvalue weighted by molar-refractivity contribution is 5.74. The number of unbranched alkanes of at least 4 members (excludes halogenated alkanes) is 19. The van der Waals surface area contributed by atoms with Crippen LogP contribution in [0.5, 0.6) is 0 Å². The minimum Gasteiger partial charge on any atom is -0.479 e. The van der Waals surface area contributed by atoms with Crippen molar-refractivity contribution in [3.63, 3.8) is 0 Å². The third kappa shape index (κ3) is 43.8. The number of carboxylic acid groups (broad SMARTS) is 1. The van der Waals surface area contributed by atoms with Gasteiger partial charge in [0.05, 0.1) is 6.61 Å². The standard InChI is InChI=1S/C67H108O12/c1-4-7-10-13-16-19-22-25-28-30-33-35-38-41-44-47-50-53-59(68)75-56-58(77-60(69)54-51-48-45-42-39-37-34-31-29-26-23-20-17-14-11-8-5-2)57-76-67-65(63(72)62(71)64(79-67)66(73)74)78-61(70)55-52-49-46-43-40-36-32-27-24-21-18-15-12-9-6-3/h7-8,10-11,16-21,25-29,32-33,35,58,62-65,67,71-72H,4-6,9,12-15,22-24,30-31,34,36-57H2,1-3H3,(H,73,74)/b10-7-,11-8-,19-16-,20-17-,21-18-,28-25-,29-26-,32-27-,35-33-. The van der Waals surface area contributed by atoms with Gasteiger partial charge in [-0.3, -0.25) is 14.4 Å². The van der Waals surface area contributed by atoms with Gasteiger partial charge in [0, 0.05) is 19.3 Å². The van der Waals surface area contributed by atoms with Crippen LogP contribution < -0.4 is 0 Å². The summed E-state index contributed by atoms with van der Waals surface area (Å²) >= 11 is 0. The predicted octanol–water partition coefficient (Wildman–Crippen LogP) is 16.2. The maximum absolute atomic E-state index is 13.2. The molecule has 1 fully saturated rings. The lowest BCUT2D eigenvalue weighted by molar-refractivity contribution is -0.301. The van der Waals surface area contributed by atoms with E-state index >= 15 is 0 Å². The topological polar surface area (TPSA) is 175 Å². The highest BCUT2D eigenvalue weighted by Crippen LogP contribution is 2.26. The van der Waals surface area contributed by atoms with Gasteiger partial charge in [0.2, 0.25) is 0 Å². The van der Waals surface area contributed by atoms with Crippen LogP contribution >= 0.6 is 0 Å². The molecule has 1 saturated heterocycles. The van der Waals surface area contributed by atoms with E-state index < -0.39 is 67.3 Å². The average molecular weight is 1110 g/mol. The SMILES string of the molecule is CC/C=C\C/C=C\C/C=C\C/C=C\CCCCCCC(=O)OCC(COC1OC(C(=O)O)C(O)C(O)C1OC(=O)CCCCCCC/C=C\C/C=C\CCCCC)OC(=O)CCCCCCCCC/C=C\C/C=C\C/C=C\CC. The van der Waals surface area contributed by atoms with Crippen LogP contribution in [0.4, 0.5) is 0 Å². The lowest BCUT2D eigenvalue weighted by Crippen LogP contribution is -2.61. The Balaban J connectivity index is 2.72. The summed E-state index contributed by atoms with van der Waals surface area (Å²) in [5, 5.41) is 31.5. The molecule has 448 valence electrons. The zero-order chi connectivity index (χ0) is 57.5. The molecule has 1 aliphatic rings. The molecule has 0 aromatic carbocycles. The molecule has 12 nitrogen and oxygen atoms in total. The smallest absolute Gasteiger partial charge is 0.335 e. The first-order chi connectivity index (χ1) is 38.6. The fraction of sp³-hybridized carbons (Fsp3) is 0.672. The van der Waals surface area contributed by atoms with Crippen molar-refractivity contribution in [2.45, 2.75) is 276 Å². The first-order valence-corrected chi connectivity index (χ1v) is 30.9. The summed E-state index contributed by atoms with van der Waals surface area (Å²) in [5.74, 6) is -3.19. The number of esters is 3. The Kier molecular flexibility index (Phi) is 49.5. The van der Waals surface area contributed by atoms with Crippen LogP contribution in [0, 0.1) is 0 Å². The summed E-state index contributed by atoms with van der Waals surface area (Å²) in [6.07, 6.45) is 60.4. The van der Waals surface area contributed by atoms with Crippen LogP contribution in [0.25, 0.3) is 0 Å². The van der Waals surface area contributed by atoms with Crippen molar-refractivity contribution in [2.75, 3.05) is 13.2 Å². The second kappa shape index (κ2) is 54.0. The number of allylic oxidation sites excluding steroid dienone is 18. The third-order valence-electron chi connectivity index (χ3n) is 13.3. The van der Waals surface area contributed by atoms with Crippen molar-refractivity contribution in [1.29, 1.82) is 0 Å². The minimum absolute atomic E-state index is 0.0358. The molecule has 0 aromatic heterocycles. The van der Waals surface area contributed by atoms with Gasteiger partial charge in [0.15, 0.2) is 24.6 Å². The van der Waals surface area contributed by atoms with Crippen LogP contribution in [-0.2, 0) is 42.9 Å². The van der Waals surface area contributed by atoms with Crippen LogP contribution in [0.2, 0.25) is 0 Å². The maximum atomic E-state index is 13.2. The molecule has 0 bridgehead atoms. The number of carbonyl (C=O) groups excluding carboxylic acids is 3. The third-order valence-corrected chi connectivity index (χ3v) is 13.3. The molecule has 79 heavy (non-hydrogen) atoms. The van der Waals surface area contributed by atoms with E-state index in [1.165, 1.54) is 19.3 Å². The monoisotopic (exact) mass is 1100 g/mol. The lowest BCUT2D eigenvalue weighted by atomic mass is 9.98.